The number of hydrogen-bond acceptors (Lipinski definition) is 2. The van der Waals surface area contributed by atoms with Gasteiger partial charge >= 0.3 is 0 Å². The number of fused-ring (bicyclic) bond motifs is 3. The molecule has 9 aromatic rings. The van der Waals surface area contributed by atoms with Crippen LogP contribution in [0.2, 0.25) is 0 Å². The lowest BCUT2D eigenvalue weighted by Crippen LogP contribution is -2.09. The predicted octanol–water partition coefficient (Wildman–Crippen LogP) is 12.8. The number of rotatable bonds is 7. The summed E-state index contributed by atoms with van der Waals surface area (Å²) in [6, 6.07) is 66.5. The van der Waals surface area contributed by atoms with Gasteiger partial charge in [0, 0.05) is 39.7 Å². The molecule has 0 amide bonds. The van der Waals surface area contributed by atoms with E-state index in [0.717, 1.165) is 55.9 Å². The molecule has 0 aliphatic rings. The molecule has 0 atom stereocenters. The Morgan fingerprint density at radius 3 is 1.24 bits per heavy atom. The first-order chi connectivity index (χ1) is 24.3. The Morgan fingerprint density at radius 2 is 0.755 bits per heavy atom. The van der Waals surface area contributed by atoms with E-state index in [0.29, 0.717) is 0 Å². The minimum absolute atomic E-state index is 0.868. The molecule has 0 saturated heterocycles. The van der Waals surface area contributed by atoms with Crippen LogP contribution in [0.5, 0.6) is 0 Å². The van der Waals surface area contributed by atoms with Crippen LogP contribution < -0.4 is 4.90 Å². The van der Waals surface area contributed by atoms with Gasteiger partial charge in [0.05, 0.1) is 0 Å². The number of para-hydroxylation sites is 1. The van der Waals surface area contributed by atoms with Gasteiger partial charge in [-0.2, -0.15) is 0 Å². The minimum Gasteiger partial charge on any atom is -0.439 e. The third-order valence-electron chi connectivity index (χ3n) is 9.29. The Hall–Kier alpha value is -6.58. The van der Waals surface area contributed by atoms with Crippen molar-refractivity contribution in [2.24, 2.45) is 0 Å². The quantitative estimate of drug-likeness (QED) is 0.175. The summed E-state index contributed by atoms with van der Waals surface area (Å²) in [6.45, 7) is 0. The Morgan fingerprint density at radius 1 is 0.347 bits per heavy atom. The molecule has 2 aromatic heterocycles. The predicted molar refractivity (Wildman–Crippen MR) is 204 cm³/mol. The summed E-state index contributed by atoms with van der Waals surface area (Å²) in [7, 11) is 0. The van der Waals surface area contributed by atoms with Crippen LogP contribution in [0.25, 0.3) is 61.1 Å². The maximum absolute atomic E-state index is 6.22. The van der Waals surface area contributed by atoms with Crippen molar-refractivity contribution >= 4 is 39.1 Å². The zero-order chi connectivity index (χ0) is 32.6. The molecule has 2 heterocycles. The molecule has 3 heteroatoms. The number of nitrogens with zero attached hydrogens (tertiary/aromatic N) is 2. The molecule has 0 fully saturated rings. The first kappa shape index (κ1) is 28.6. The Bertz CT molecular complexity index is 2410. The summed E-state index contributed by atoms with van der Waals surface area (Å²) in [5.41, 5.74) is 13.3. The molecule has 9 rings (SSSR count). The maximum Gasteiger partial charge on any atom is 0.212 e. The molecule has 0 unspecified atom stereocenters. The van der Waals surface area contributed by atoms with Crippen molar-refractivity contribution in [2.45, 2.75) is 0 Å². The number of benzene rings is 7. The molecule has 0 spiro atoms. The first-order valence-corrected chi connectivity index (χ1v) is 16.6. The lowest BCUT2D eigenvalue weighted by molar-refractivity contribution is 0.643. The van der Waals surface area contributed by atoms with Crippen LogP contribution in [0.15, 0.2) is 199 Å². The van der Waals surface area contributed by atoms with E-state index < -0.39 is 0 Å². The molecule has 0 bridgehead atoms. The number of aromatic nitrogens is 1. The highest BCUT2D eigenvalue weighted by Crippen LogP contribution is 2.38. The van der Waals surface area contributed by atoms with Crippen molar-refractivity contribution < 1.29 is 4.42 Å². The lowest BCUT2D eigenvalue weighted by Gasteiger charge is -2.26. The van der Waals surface area contributed by atoms with E-state index in [1.807, 2.05) is 12.1 Å². The molecule has 7 aromatic carbocycles. The third kappa shape index (κ3) is 5.38. The average Bonchev–Trinajstić information content (AvgIpc) is 3.77. The fourth-order valence-electron chi connectivity index (χ4n) is 6.74. The van der Waals surface area contributed by atoms with Gasteiger partial charge in [-0.15, -0.1) is 0 Å². The van der Waals surface area contributed by atoms with Crippen molar-refractivity contribution in [3.63, 3.8) is 0 Å². The van der Waals surface area contributed by atoms with Crippen LogP contribution in [-0.4, -0.2) is 4.57 Å². The van der Waals surface area contributed by atoms with Crippen LogP contribution in [0, 0.1) is 0 Å². The summed E-state index contributed by atoms with van der Waals surface area (Å²) in [4.78, 5) is 2.32. The van der Waals surface area contributed by atoms with Gasteiger partial charge in [0.25, 0.3) is 0 Å². The van der Waals surface area contributed by atoms with E-state index in [4.69, 9.17) is 4.42 Å². The Kier molecular flexibility index (Phi) is 7.14. The van der Waals surface area contributed by atoms with Crippen LogP contribution in [0.1, 0.15) is 0 Å². The van der Waals surface area contributed by atoms with Gasteiger partial charge in [-0.3, -0.25) is 4.57 Å². The number of anilines is 3. The van der Waals surface area contributed by atoms with Crippen molar-refractivity contribution in [1.29, 1.82) is 0 Å². The molecule has 3 nitrogen and oxygen atoms in total. The first-order valence-electron chi connectivity index (χ1n) is 16.6. The fourth-order valence-corrected chi connectivity index (χ4v) is 6.74. The fraction of sp³-hybridized carbons (Fsp3) is 0. The van der Waals surface area contributed by atoms with Gasteiger partial charge in [-0.05, 0) is 94.0 Å². The van der Waals surface area contributed by atoms with Crippen LogP contribution >= 0.6 is 0 Å². The van der Waals surface area contributed by atoms with E-state index in [2.05, 4.69) is 192 Å². The van der Waals surface area contributed by atoms with Gasteiger partial charge in [-0.1, -0.05) is 127 Å². The summed E-state index contributed by atoms with van der Waals surface area (Å²) < 4.78 is 8.33. The molecule has 0 radical (unpaired) electrons. The third-order valence-corrected chi connectivity index (χ3v) is 9.29. The maximum atomic E-state index is 6.22. The standard InChI is InChI=1S/C46H32N2O/c1-3-9-33(10-4-1)35-17-25-40(26-18-35)48(41-27-19-36(20-28-41)34-11-5-2-6-12-34)42-29-21-38(22-30-42)37-15-23-39(24-16-37)47-32-31-44-43-13-7-8-14-45(43)49-46(44)47/h1-32H. The van der Waals surface area contributed by atoms with E-state index in [1.54, 1.807) is 0 Å². The van der Waals surface area contributed by atoms with Crippen molar-refractivity contribution in [3.05, 3.63) is 194 Å². The van der Waals surface area contributed by atoms with Gasteiger partial charge in [-0.25, -0.2) is 0 Å². The molecular formula is C46H32N2O. The second kappa shape index (κ2) is 12.2. The van der Waals surface area contributed by atoms with Crippen LogP contribution in [0.4, 0.5) is 17.1 Å². The summed E-state index contributed by atoms with van der Waals surface area (Å²) >= 11 is 0. The Labute approximate surface area is 285 Å². The zero-order valence-electron chi connectivity index (χ0n) is 26.8. The summed E-state index contributed by atoms with van der Waals surface area (Å²) in [5, 5.41) is 2.27. The van der Waals surface area contributed by atoms with E-state index in [-0.39, 0.29) is 0 Å². The van der Waals surface area contributed by atoms with E-state index >= 15 is 0 Å². The SMILES string of the molecule is c1ccc(-c2ccc(N(c3ccc(-c4ccccc4)cc3)c3ccc(-c4ccc(-n5ccc6c7ccccc7oc65)cc4)cc3)cc2)cc1. The highest BCUT2D eigenvalue weighted by molar-refractivity contribution is 6.04. The smallest absolute Gasteiger partial charge is 0.212 e. The minimum atomic E-state index is 0.868. The highest BCUT2D eigenvalue weighted by Gasteiger charge is 2.15. The van der Waals surface area contributed by atoms with Gasteiger partial charge < -0.3 is 9.32 Å². The van der Waals surface area contributed by atoms with Gasteiger partial charge in [0.2, 0.25) is 5.71 Å². The highest BCUT2D eigenvalue weighted by atomic mass is 16.3. The molecular weight excluding hydrogens is 597 g/mol. The molecule has 232 valence electrons. The number of hydrogen-bond donors (Lipinski definition) is 0. The van der Waals surface area contributed by atoms with E-state index in [9.17, 15) is 0 Å². The van der Waals surface area contributed by atoms with Crippen molar-refractivity contribution in [3.8, 4) is 39.1 Å². The van der Waals surface area contributed by atoms with Crippen LogP contribution in [-0.2, 0) is 0 Å². The second-order valence-electron chi connectivity index (χ2n) is 12.3. The molecule has 49 heavy (non-hydrogen) atoms. The average molecular weight is 629 g/mol. The topological polar surface area (TPSA) is 21.3 Å². The van der Waals surface area contributed by atoms with Gasteiger partial charge in [0.1, 0.15) is 5.58 Å². The van der Waals surface area contributed by atoms with E-state index in [1.165, 1.54) is 22.3 Å². The monoisotopic (exact) mass is 628 g/mol. The van der Waals surface area contributed by atoms with Crippen molar-refractivity contribution in [2.75, 3.05) is 4.90 Å². The molecule has 0 aliphatic heterocycles. The van der Waals surface area contributed by atoms with Crippen molar-refractivity contribution in [1.82, 2.24) is 4.57 Å². The largest absolute Gasteiger partial charge is 0.439 e. The summed E-state index contributed by atoms with van der Waals surface area (Å²) in [6.07, 6.45) is 2.08. The Balaban J connectivity index is 1.03. The summed E-state index contributed by atoms with van der Waals surface area (Å²) in [5.74, 6) is 0. The number of furan rings is 1. The zero-order valence-corrected chi connectivity index (χ0v) is 26.8. The second-order valence-corrected chi connectivity index (χ2v) is 12.3. The molecule has 0 N–H and O–H groups in total. The molecule has 0 saturated carbocycles. The normalized spacial score (nSPS) is 11.3. The lowest BCUT2D eigenvalue weighted by atomic mass is 10.0. The van der Waals surface area contributed by atoms with Crippen LogP contribution in [0.3, 0.4) is 0 Å². The molecule has 0 aliphatic carbocycles. The van der Waals surface area contributed by atoms with Gasteiger partial charge in [0.15, 0.2) is 0 Å².